The van der Waals surface area contributed by atoms with Gasteiger partial charge in [-0.05, 0) is 58.5 Å². The van der Waals surface area contributed by atoms with Crippen molar-refractivity contribution >= 4 is 13.0 Å². The van der Waals surface area contributed by atoms with Crippen molar-refractivity contribution in [1.82, 2.24) is 4.90 Å². The Morgan fingerprint density at radius 2 is 1.77 bits per heavy atom. The highest BCUT2D eigenvalue weighted by Crippen LogP contribution is 2.42. The number of furan rings is 1. The van der Waals surface area contributed by atoms with Crippen LogP contribution in [0.5, 0.6) is 0 Å². The summed E-state index contributed by atoms with van der Waals surface area (Å²) in [5, 5.41) is 0. The number of hydrogen-bond acceptors (Lipinski definition) is 4. The molecule has 0 aliphatic carbocycles. The Bertz CT molecular complexity index is 516. The van der Waals surface area contributed by atoms with Crippen LogP contribution >= 0.6 is 0 Å². The Balaban J connectivity index is 1.58. The highest BCUT2D eigenvalue weighted by molar-refractivity contribution is 6.47. The summed E-state index contributed by atoms with van der Waals surface area (Å²) >= 11 is 0. The highest BCUT2D eigenvalue weighted by Gasteiger charge is 2.53. The minimum Gasteiger partial charge on any atom is -0.459 e. The van der Waals surface area contributed by atoms with E-state index < -0.39 is 0 Å². The van der Waals surface area contributed by atoms with Crippen LogP contribution in [0.15, 0.2) is 22.8 Å². The lowest BCUT2D eigenvalue weighted by Crippen LogP contribution is -2.41. The number of carbonyl (C=O) groups excluding carboxylic acids is 1. The van der Waals surface area contributed by atoms with E-state index in [0.717, 1.165) is 12.8 Å². The lowest BCUT2D eigenvalue weighted by atomic mass is 9.67. The molecule has 2 aliphatic heterocycles. The minimum absolute atomic E-state index is 0.0302. The van der Waals surface area contributed by atoms with Gasteiger partial charge in [-0.3, -0.25) is 4.79 Å². The molecule has 2 fully saturated rings. The summed E-state index contributed by atoms with van der Waals surface area (Å²) in [6.07, 6.45) is 3.32. The molecule has 0 atom stereocenters. The predicted octanol–water partition coefficient (Wildman–Crippen LogP) is 2.98. The zero-order valence-electron chi connectivity index (χ0n) is 13.8. The molecule has 0 N–H and O–H groups in total. The molecule has 120 valence electrons. The average Bonchev–Trinajstić information content (AvgIpc) is 3.05. The maximum Gasteiger partial charge on any atom is 0.461 e. The molecule has 22 heavy (non-hydrogen) atoms. The molecule has 3 rings (SSSR count). The van der Waals surface area contributed by atoms with E-state index in [1.807, 2.05) is 4.90 Å². The molecule has 3 heterocycles. The molecule has 0 aromatic carbocycles. The van der Waals surface area contributed by atoms with Crippen molar-refractivity contribution in [3.63, 3.8) is 0 Å². The van der Waals surface area contributed by atoms with Gasteiger partial charge < -0.3 is 18.6 Å². The van der Waals surface area contributed by atoms with Crippen LogP contribution in [0.1, 0.15) is 51.1 Å². The quantitative estimate of drug-likeness (QED) is 0.788. The van der Waals surface area contributed by atoms with Crippen LogP contribution in [-0.2, 0) is 9.31 Å². The summed E-state index contributed by atoms with van der Waals surface area (Å²) in [4.78, 5) is 14.1. The maximum atomic E-state index is 12.3. The first-order chi connectivity index (χ1) is 10.3. The van der Waals surface area contributed by atoms with Gasteiger partial charge in [0.2, 0.25) is 0 Å². The van der Waals surface area contributed by atoms with Crippen molar-refractivity contribution in [2.75, 3.05) is 13.1 Å². The standard InChI is InChI=1S/C16H24BNO4/c1-15(2)16(3,4)22-17(21-15)12-7-9-18(10-8-12)14(19)13-6-5-11-20-13/h5-6,11-12H,7-10H2,1-4H3. The monoisotopic (exact) mass is 305 g/mol. The fraction of sp³-hybridized carbons (Fsp3) is 0.688. The molecule has 0 radical (unpaired) electrons. The lowest BCUT2D eigenvalue weighted by molar-refractivity contribution is 0.00578. The summed E-state index contributed by atoms with van der Waals surface area (Å²) < 4.78 is 17.4. The first-order valence-corrected chi connectivity index (χ1v) is 7.98. The van der Waals surface area contributed by atoms with Crippen LogP contribution in [0.25, 0.3) is 0 Å². The largest absolute Gasteiger partial charge is 0.461 e. The molecule has 5 nitrogen and oxygen atoms in total. The van der Waals surface area contributed by atoms with Crippen LogP contribution in [0.4, 0.5) is 0 Å². The number of amides is 1. The number of hydrogen-bond donors (Lipinski definition) is 0. The van der Waals surface area contributed by atoms with Gasteiger partial charge in [-0.2, -0.15) is 0 Å². The van der Waals surface area contributed by atoms with Gasteiger partial charge in [-0.25, -0.2) is 0 Å². The van der Waals surface area contributed by atoms with E-state index in [0.29, 0.717) is 24.7 Å². The molecule has 0 saturated carbocycles. The predicted molar refractivity (Wildman–Crippen MR) is 83.7 cm³/mol. The summed E-state index contributed by atoms with van der Waals surface area (Å²) in [5.41, 5.74) is -0.586. The third-order valence-corrected chi connectivity index (χ3v) is 5.22. The molecule has 6 heteroatoms. The van der Waals surface area contributed by atoms with Crippen LogP contribution in [0.3, 0.4) is 0 Å². The SMILES string of the molecule is CC1(C)OB(C2CCN(C(=O)c3ccco3)CC2)OC1(C)C. The zero-order chi connectivity index (χ0) is 16.0. The molecular formula is C16H24BNO4. The van der Waals surface area contributed by atoms with Crippen molar-refractivity contribution in [2.45, 2.75) is 57.6 Å². The Hall–Kier alpha value is -1.27. The second-order valence-corrected chi connectivity index (χ2v) is 7.23. The van der Waals surface area contributed by atoms with Crippen LogP contribution in [-0.4, -0.2) is 42.2 Å². The number of carbonyl (C=O) groups is 1. The number of rotatable bonds is 2. The van der Waals surface area contributed by atoms with Gasteiger partial charge >= 0.3 is 7.12 Å². The van der Waals surface area contributed by atoms with Gasteiger partial charge in [-0.15, -0.1) is 0 Å². The zero-order valence-corrected chi connectivity index (χ0v) is 13.8. The molecule has 0 unspecified atom stereocenters. The molecule has 1 aromatic heterocycles. The first-order valence-electron chi connectivity index (χ1n) is 7.98. The summed E-state index contributed by atoms with van der Waals surface area (Å²) in [7, 11) is -0.175. The van der Waals surface area contributed by atoms with E-state index in [1.165, 1.54) is 6.26 Å². The molecule has 1 aromatic rings. The summed E-state index contributed by atoms with van der Waals surface area (Å²) in [6.45, 7) is 9.72. The molecule has 0 bridgehead atoms. The third kappa shape index (κ3) is 2.70. The summed E-state index contributed by atoms with van der Waals surface area (Å²) in [6, 6.07) is 3.45. The van der Waals surface area contributed by atoms with Gasteiger partial charge in [-0.1, -0.05) is 0 Å². The van der Waals surface area contributed by atoms with Gasteiger partial charge in [0.25, 0.3) is 5.91 Å². The van der Waals surface area contributed by atoms with Crippen molar-refractivity contribution in [2.24, 2.45) is 0 Å². The van der Waals surface area contributed by atoms with Gasteiger partial charge in [0.1, 0.15) is 0 Å². The van der Waals surface area contributed by atoms with Crippen molar-refractivity contribution < 1.29 is 18.5 Å². The van der Waals surface area contributed by atoms with Crippen LogP contribution < -0.4 is 0 Å². The lowest BCUT2D eigenvalue weighted by Gasteiger charge is -2.32. The van der Waals surface area contributed by atoms with E-state index in [2.05, 4.69) is 27.7 Å². The van der Waals surface area contributed by atoms with Gasteiger partial charge in [0.15, 0.2) is 5.76 Å². The topological polar surface area (TPSA) is 51.9 Å². The van der Waals surface area contributed by atoms with Crippen molar-refractivity contribution in [3.05, 3.63) is 24.2 Å². The van der Waals surface area contributed by atoms with E-state index in [4.69, 9.17) is 13.7 Å². The maximum absolute atomic E-state index is 12.3. The van der Waals surface area contributed by atoms with Crippen molar-refractivity contribution in [3.8, 4) is 0 Å². The van der Waals surface area contributed by atoms with Crippen LogP contribution in [0, 0.1) is 0 Å². The normalized spacial score (nSPS) is 24.7. The second kappa shape index (κ2) is 5.42. The van der Waals surface area contributed by atoms with E-state index in [-0.39, 0.29) is 24.2 Å². The average molecular weight is 305 g/mol. The number of piperidine rings is 1. The van der Waals surface area contributed by atoms with E-state index in [9.17, 15) is 4.79 Å². The summed E-state index contributed by atoms with van der Waals surface area (Å²) in [5.74, 6) is 0.716. The Morgan fingerprint density at radius 3 is 2.27 bits per heavy atom. The second-order valence-electron chi connectivity index (χ2n) is 7.23. The van der Waals surface area contributed by atoms with Gasteiger partial charge in [0.05, 0.1) is 17.5 Å². The van der Waals surface area contributed by atoms with Crippen molar-refractivity contribution in [1.29, 1.82) is 0 Å². The Morgan fingerprint density at radius 1 is 1.18 bits per heavy atom. The molecule has 1 amide bonds. The molecule has 2 aliphatic rings. The highest BCUT2D eigenvalue weighted by atomic mass is 16.7. The number of likely N-dealkylation sites (tertiary alicyclic amines) is 1. The van der Waals surface area contributed by atoms with E-state index in [1.54, 1.807) is 12.1 Å². The molecule has 2 saturated heterocycles. The first kappa shape index (κ1) is 15.6. The van der Waals surface area contributed by atoms with E-state index >= 15 is 0 Å². The minimum atomic E-state index is -0.293. The smallest absolute Gasteiger partial charge is 0.459 e. The fourth-order valence-electron chi connectivity index (χ4n) is 3.01. The van der Waals surface area contributed by atoms with Crippen LogP contribution in [0.2, 0.25) is 5.82 Å². The fourth-order valence-corrected chi connectivity index (χ4v) is 3.01. The van der Waals surface area contributed by atoms with Gasteiger partial charge in [0, 0.05) is 13.1 Å². The molecular weight excluding hydrogens is 281 g/mol. The number of nitrogens with zero attached hydrogens (tertiary/aromatic N) is 1. The Kier molecular flexibility index (Phi) is 3.85. The molecule has 0 spiro atoms. The Labute approximate surface area is 132 Å². The third-order valence-electron chi connectivity index (χ3n) is 5.22.